The average molecular weight is 391 g/mol. The van der Waals surface area contributed by atoms with Crippen molar-refractivity contribution >= 4 is 11.9 Å². The number of rotatable bonds is 3. The van der Waals surface area contributed by atoms with Gasteiger partial charge in [-0.25, -0.2) is 9.18 Å². The highest BCUT2D eigenvalue weighted by molar-refractivity contribution is 5.88. The number of nitrogens with one attached hydrogen (secondary N) is 1. The van der Waals surface area contributed by atoms with Gasteiger partial charge in [-0.3, -0.25) is 4.79 Å². The normalized spacial score (nSPS) is 27.3. The van der Waals surface area contributed by atoms with Crippen molar-refractivity contribution in [2.75, 3.05) is 19.6 Å². The number of halogens is 1. The van der Waals surface area contributed by atoms with Crippen LogP contribution in [0.4, 0.5) is 9.18 Å². The van der Waals surface area contributed by atoms with E-state index in [4.69, 9.17) is 4.74 Å². The van der Waals surface area contributed by atoms with Crippen molar-refractivity contribution in [2.45, 2.75) is 64.3 Å². The van der Waals surface area contributed by atoms with Crippen LogP contribution in [0.5, 0.6) is 0 Å². The third-order valence-electron chi connectivity index (χ3n) is 5.63. The third-order valence-corrected chi connectivity index (χ3v) is 5.63. The summed E-state index contributed by atoms with van der Waals surface area (Å²) in [4.78, 5) is 29.1. The number of piperidine rings is 1. The molecule has 2 aliphatic heterocycles. The number of hydrogen-bond acceptors (Lipinski definition) is 3. The Morgan fingerprint density at radius 1 is 1.21 bits per heavy atom. The number of amides is 3. The Balaban J connectivity index is 1.65. The lowest BCUT2D eigenvalue weighted by molar-refractivity contribution is -0.138. The lowest BCUT2D eigenvalue weighted by atomic mass is 9.99. The van der Waals surface area contributed by atoms with Crippen LogP contribution in [0.3, 0.4) is 0 Å². The quantitative estimate of drug-likeness (QED) is 0.861. The Labute approximate surface area is 166 Å². The van der Waals surface area contributed by atoms with E-state index in [0.717, 1.165) is 12.8 Å². The number of nitrogens with zero attached hydrogens (tertiary/aromatic N) is 2. The van der Waals surface area contributed by atoms with Crippen LogP contribution in [0.25, 0.3) is 0 Å². The molecule has 3 rings (SSSR count). The van der Waals surface area contributed by atoms with Crippen molar-refractivity contribution in [3.05, 3.63) is 35.6 Å². The number of urea groups is 1. The fourth-order valence-corrected chi connectivity index (χ4v) is 4.07. The lowest BCUT2D eigenvalue weighted by Crippen LogP contribution is -2.55. The first-order valence-electron chi connectivity index (χ1n) is 10.1. The standard InChI is InChI=1S/C21H30FN3O3/c1-14-10-12-24(13-15(2)28-14)21(27)23-19-9-6-11-25(20(19)26)16(3)17-7-4-5-8-18(17)22/h4-5,7-8,14-16,19H,6,9-13H2,1-3H3,(H,23,27)/t14-,15+,16?,19?/m1/s1. The summed E-state index contributed by atoms with van der Waals surface area (Å²) in [7, 11) is 0. The highest BCUT2D eigenvalue weighted by Crippen LogP contribution is 2.27. The van der Waals surface area contributed by atoms with Crippen molar-refractivity contribution in [1.29, 1.82) is 0 Å². The summed E-state index contributed by atoms with van der Waals surface area (Å²) in [5, 5.41) is 2.90. The second-order valence-corrected chi connectivity index (χ2v) is 7.87. The van der Waals surface area contributed by atoms with E-state index in [0.29, 0.717) is 31.6 Å². The van der Waals surface area contributed by atoms with E-state index in [1.54, 1.807) is 28.0 Å². The van der Waals surface area contributed by atoms with Gasteiger partial charge in [-0.15, -0.1) is 0 Å². The molecule has 0 spiro atoms. The van der Waals surface area contributed by atoms with E-state index in [9.17, 15) is 14.0 Å². The minimum atomic E-state index is -0.577. The molecule has 1 aromatic carbocycles. The summed E-state index contributed by atoms with van der Waals surface area (Å²) < 4.78 is 19.9. The summed E-state index contributed by atoms with van der Waals surface area (Å²) >= 11 is 0. The SMILES string of the molecule is CC(c1ccccc1F)N1CCCC(NC(=O)N2CC[C@@H](C)O[C@@H](C)C2)C1=O. The van der Waals surface area contributed by atoms with Crippen molar-refractivity contribution < 1.29 is 18.7 Å². The average Bonchev–Trinajstić information content (AvgIpc) is 2.83. The van der Waals surface area contributed by atoms with E-state index in [2.05, 4.69) is 5.32 Å². The van der Waals surface area contributed by atoms with Crippen molar-refractivity contribution in [1.82, 2.24) is 15.1 Å². The van der Waals surface area contributed by atoms with Crippen LogP contribution in [0, 0.1) is 5.82 Å². The zero-order valence-corrected chi connectivity index (χ0v) is 16.9. The second-order valence-electron chi connectivity index (χ2n) is 7.87. The molecule has 7 heteroatoms. The number of carbonyl (C=O) groups is 2. The van der Waals surface area contributed by atoms with Crippen molar-refractivity contribution in [2.24, 2.45) is 0 Å². The van der Waals surface area contributed by atoms with Gasteiger partial charge in [0, 0.05) is 25.2 Å². The smallest absolute Gasteiger partial charge is 0.318 e. The summed E-state index contributed by atoms with van der Waals surface area (Å²) in [5.74, 6) is -0.468. The Kier molecular flexibility index (Phi) is 6.54. The molecule has 0 bridgehead atoms. The van der Waals surface area contributed by atoms with Crippen LogP contribution < -0.4 is 5.32 Å². The fraction of sp³-hybridized carbons (Fsp3) is 0.619. The molecule has 154 valence electrons. The van der Waals surface area contributed by atoms with Crippen molar-refractivity contribution in [3.63, 3.8) is 0 Å². The summed E-state index contributed by atoms with van der Waals surface area (Å²) in [6, 6.07) is 5.33. The predicted molar refractivity (Wildman–Crippen MR) is 104 cm³/mol. The molecule has 0 aliphatic carbocycles. The zero-order valence-electron chi connectivity index (χ0n) is 16.9. The molecule has 4 atom stereocenters. The number of benzene rings is 1. The monoisotopic (exact) mass is 391 g/mol. The Morgan fingerprint density at radius 3 is 2.71 bits per heavy atom. The van der Waals surface area contributed by atoms with Crippen LogP contribution in [-0.4, -0.2) is 59.6 Å². The van der Waals surface area contributed by atoms with Gasteiger partial charge < -0.3 is 19.9 Å². The Bertz CT molecular complexity index is 714. The molecule has 1 N–H and O–H groups in total. The molecule has 2 unspecified atom stereocenters. The predicted octanol–water partition coefficient (Wildman–Crippen LogP) is 3.09. The van der Waals surface area contributed by atoms with Gasteiger partial charge in [0.05, 0.1) is 18.2 Å². The van der Waals surface area contributed by atoms with Gasteiger partial charge >= 0.3 is 6.03 Å². The van der Waals surface area contributed by atoms with Gasteiger partial charge in [0.2, 0.25) is 5.91 Å². The summed E-state index contributed by atoms with van der Waals surface area (Å²) in [6.45, 7) is 7.46. The van der Waals surface area contributed by atoms with Gasteiger partial charge in [-0.1, -0.05) is 18.2 Å². The molecular formula is C21H30FN3O3. The lowest BCUT2D eigenvalue weighted by Gasteiger charge is -2.37. The largest absolute Gasteiger partial charge is 0.374 e. The van der Waals surface area contributed by atoms with E-state index < -0.39 is 6.04 Å². The van der Waals surface area contributed by atoms with Gasteiger partial charge in [0.1, 0.15) is 11.9 Å². The van der Waals surface area contributed by atoms with E-state index in [1.807, 2.05) is 20.8 Å². The number of carbonyl (C=O) groups excluding carboxylic acids is 2. The van der Waals surface area contributed by atoms with Gasteiger partial charge in [0.15, 0.2) is 0 Å². The molecule has 2 saturated heterocycles. The van der Waals surface area contributed by atoms with Crippen LogP contribution in [0.1, 0.15) is 51.6 Å². The topological polar surface area (TPSA) is 61.9 Å². The van der Waals surface area contributed by atoms with E-state index >= 15 is 0 Å². The van der Waals surface area contributed by atoms with Crippen LogP contribution in [0.15, 0.2) is 24.3 Å². The minimum Gasteiger partial charge on any atom is -0.374 e. The van der Waals surface area contributed by atoms with Gasteiger partial charge in [-0.2, -0.15) is 0 Å². The minimum absolute atomic E-state index is 0.0390. The molecular weight excluding hydrogens is 361 g/mol. The summed E-state index contributed by atoms with van der Waals surface area (Å²) in [5.41, 5.74) is 0.496. The molecule has 2 heterocycles. The van der Waals surface area contributed by atoms with Crippen LogP contribution in [-0.2, 0) is 9.53 Å². The molecule has 0 saturated carbocycles. The fourth-order valence-electron chi connectivity index (χ4n) is 4.07. The molecule has 28 heavy (non-hydrogen) atoms. The molecule has 0 aromatic heterocycles. The second kappa shape index (κ2) is 8.90. The maximum absolute atomic E-state index is 14.2. The molecule has 2 aliphatic rings. The van der Waals surface area contributed by atoms with Crippen molar-refractivity contribution in [3.8, 4) is 0 Å². The first-order valence-corrected chi connectivity index (χ1v) is 10.1. The van der Waals surface area contributed by atoms with Gasteiger partial charge in [0.25, 0.3) is 0 Å². The molecule has 3 amide bonds. The maximum atomic E-state index is 14.2. The Morgan fingerprint density at radius 2 is 1.96 bits per heavy atom. The number of likely N-dealkylation sites (tertiary alicyclic amines) is 1. The van der Waals surface area contributed by atoms with E-state index in [-0.39, 0.29) is 36.0 Å². The molecule has 1 aromatic rings. The molecule has 2 fully saturated rings. The zero-order chi connectivity index (χ0) is 20.3. The van der Waals surface area contributed by atoms with E-state index in [1.165, 1.54) is 6.07 Å². The highest BCUT2D eigenvalue weighted by Gasteiger charge is 2.35. The molecule has 0 radical (unpaired) electrons. The van der Waals surface area contributed by atoms with Crippen LogP contribution >= 0.6 is 0 Å². The van der Waals surface area contributed by atoms with Gasteiger partial charge in [-0.05, 0) is 46.1 Å². The summed E-state index contributed by atoms with van der Waals surface area (Å²) in [6.07, 6.45) is 2.21. The third kappa shape index (κ3) is 4.63. The number of ether oxygens (including phenoxy) is 1. The first kappa shape index (κ1) is 20.6. The molecule has 6 nitrogen and oxygen atoms in total. The first-order chi connectivity index (χ1) is 13.4. The van der Waals surface area contributed by atoms with Crippen LogP contribution in [0.2, 0.25) is 0 Å². The Hall–Kier alpha value is -2.15. The maximum Gasteiger partial charge on any atom is 0.318 e. The highest BCUT2D eigenvalue weighted by atomic mass is 19.1. The number of hydrogen-bond donors (Lipinski definition) is 1.